The SMILES string of the molecule is CC[C@@H](C)CN(CC(=O)N1CCc2sccc2[C@@H]1COc1ccc(Cl)cc1)C(=O)c1cccc(Br)c1. The molecule has 0 radical (unpaired) electrons. The van der Waals surface area contributed by atoms with E-state index in [1.54, 1.807) is 40.5 Å². The molecule has 0 aliphatic carbocycles. The van der Waals surface area contributed by atoms with Crippen LogP contribution < -0.4 is 4.74 Å². The molecule has 0 saturated carbocycles. The van der Waals surface area contributed by atoms with Gasteiger partial charge in [0.05, 0.1) is 6.04 Å². The number of thiophene rings is 1. The number of carbonyl (C=O) groups is 2. The van der Waals surface area contributed by atoms with E-state index < -0.39 is 0 Å². The van der Waals surface area contributed by atoms with E-state index in [2.05, 4.69) is 41.2 Å². The van der Waals surface area contributed by atoms with Crippen molar-refractivity contribution in [3.05, 3.63) is 85.5 Å². The fraction of sp³-hybridized carbons (Fsp3) is 0.357. The lowest BCUT2D eigenvalue weighted by Crippen LogP contribution is -2.48. The highest BCUT2D eigenvalue weighted by atomic mass is 79.9. The number of nitrogens with zero attached hydrogens (tertiary/aromatic N) is 2. The van der Waals surface area contributed by atoms with Crippen molar-refractivity contribution in [2.24, 2.45) is 5.92 Å². The number of fused-ring (bicyclic) bond motifs is 1. The van der Waals surface area contributed by atoms with Crippen molar-refractivity contribution in [1.82, 2.24) is 9.80 Å². The second kappa shape index (κ2) is 12.3. The van der Waals surface area contributed by atoms with Crippen LogP contribution in [0.25, 0.3) is 0 Å². The summed E-state index contributed by atoms with van der Waals surface area (Å²) in [5.74, 6) is 0.788. The van der Waals surface area contributed by atoms with Crippen LogP contribution in [0.5, 0.6) is 5.75 Å². The van der Waals surface area contributed by atoms with Gasteiger partial charge in [0.2, 0.25) is 5.91 Å². The Morgan fingerprint density at radius 1 is 1.22 bits per heavy atom. The Labute approximate surface area is 230 Å². The van der Waals surface area contributed by atoms with Gasteiger partial charge in [0.15, 0.2) is 0 Å². The van der Waals surface area contributed by atoms with Gasteiger partial charge in [-0.2, -0.15) is 0 Å². The van der Waals surface area contributed by atoms with Gasteiger partial charge in [0.25, 0.3) is 5.91 Å². The predicted molar refractivity (Wildman–Crippen MR) is 149 cm³/mol. The molecule has 2 aromatic carbocycles. The molecule has 0 unspecified atom stereocenters. The summed E-state index contributed by atoms with van der Waals surface area (Å²) in [4.78, 5) is 32.0. The average Bonchev–Trinajstić information content (AvgIpc) is 3.36. The molecule has 0 saturated heterocycles. The van der Waals surface area contributed by atoms with Crippen LogP contribution in [0, 0.1) is 5.92 Å². The van der Waals surface area contributed by atoms with Gasteiger partial charge in [0, 0.05) is 33.0 Å². The molecule has 0 fully saturated rings. The molecule has 1 aliphatic rings. The Kier molecular flexibility index (Phi) is 9.09. The number of rotatable bonds is 9. The third kappa shape index (κ3) is 6.50. The average molecular weight is 590 g/mol. The minimum Gasteiger partial charge on any atom is -0.491 e. The van der Waals surface area contributed by atoms with Crippen LogP contribution in [0.1, 0.15) is 47.1 Å². The molecule has 1 aromatic heterocycles. The summed E-state index contributed by atoms with van der Waals surface area (Å²) in [6.07, 6.45) is 1.73. The van der Waals surface area contributed by atoms with E-state index in [9.17, 15) is 9.59 Å². The number of ether oxygens (including phenoxy) is 1. The zero-order valence-corrected chi connectivity index (χ0v) is 23.6. The lowest BCUT2D eigenvalue weighted by molar-refractivity contribution is -0.135. The van der Waals surface area contributed by atoms with Gasteiger partial charge in [-0.05, 0) is 71.8 Å². The lowest BCUT2D eigenvalue weighted by Gasteiger charge is -2.37. The fourth-order valence-electron chi connectivity index (χ4n) is 4.36. The summed E-state index contributed by atoms with van der Waals surface area (Å²) >= 11 is 11.2. The molecule has 8 heteroatoms. The molecule has 36 heavy (non-hydrogen) atoms. The van der Waals surface area contributed by atoms with Gasteiger partial charge in [-0.25, -0.2) is 0 Å². The van der Waals surface area contributed by atoms with Crippen molar-refractivity contribution in [1.29, 1.82) is 0 Å². The van der Waals surface area contributed by atoms with E-state index in [0.29, 0.717) is 36.0 Å². The Morgan fingerprint density at radius 2 is 2.00 bits per heavy atom. The van der Waals surface area contributed by atoms with Crippen molar-refractivity contribution in [3.63, 3.8) is 0 Å². The zero-order chi connectivity index (χ0) is 25.7. The van der Waals surface area contributed by atoms with Crippen molar-refractivity contribution in [2.45, 2.75) is 32.7 Å². The van der Waals surface area contributed by atoms with Gasteiger partial charge in [0.1, 0.15) is 18.9 Å². The van der Waals surface area contributed by atoms with E-state index in [1.165, 1.54) is 4.88 Å². The Balaban J connectivity index is 1.54. The number of benzene rings is 2. The number of hydrogen-bond acceptors (Lipinski definition) is 4. The van der Waals surface area contributed by atoms with Gasteiger partial charge in [-0.15, -0.1) is 11.3 Å². The molecule has 2 atom stereocenters. The smallest absolute Gasteiger partial charge is 0.254 e. The standard InChI is InChI=1S/C28H30BrClN2O3S/c1-3-19(2)16-31(28(34)20-5-4-6-21(29)15-20)17-27(33)32-13-11-26-24(12-14-36-26)25(32)18-35-23-9-7-22(30)8-10-23/h4-10,12,14-15,19,25H,3,11,13,16-18H2,1-2H3/t19-,25+/m1/s1. The quantitative estimate of drug-likeness (QED) is 0.274. The summed E-state index contributed by atoms with van der Waals surface area (Å²) in [7, 11) is 0. The summed E-state index contributed by atoms with van der Waals surface area (Å²) in [6.45, 7) is 5.70. The Bertz CT molecular complexity index is 1200. The number of carbonyl (C=O) groups excluding carboxylic acids is 2. The van der Waals surface area contributed by atoms with E-state index in [1.807, 2.05) is 29.2 Å². The van der Waals surface area contributed by atoms with Crippen molar-refractivity contribution in [2.75, 3.05) is 26.2 Å². The molecule has 0 N–H and O–H groups in total. The zero-order valence-electron chi connectivity index (χ0n) is 20.5. The molecule has 5 nitrogen and oxygen atoms in total. The first-order valence-corrected chi connectivity index (χ1v) is 14.2. The molecule has 0 bridgehead atoms. The second-order valence-corrected chi connectivity index (χ2v) is 11.5. The monoisotopic (exact) mass is 588 g/mol. The first kappa shape index (κ1) is 26.7. The highest BCUT2D eigenvalue weighted by Crippen LogP contribution is 2.34. The maximum atomic E-state index is 13.7. The molecule has 190 valence electrons. The predicted octanol–water partition coefficient (Wildman–Crippen LogP) is 6.86. The summed E-state index contributed by atoms with van der Waals surface area (Å²) < 4.78 is 6.93. The minimum absolute atomic E-state index is 0.0343. The Hall–Kier alpha value is -2.35. The molecule has 3 aromatic rings. The van der Waals surface area contributed by atoms with Crippen molar-refractivity contribution < 1.29 is 14.3 Å². The van der Waals surface area contributed by atoms with Gasteiger partial charge in [-0.1, -0.05) is 53.9 Å². The summed E-state index contributed by atoms with van der Waals surface area (Å²) in [5, 5.41) is 2.72. The number of hydrogen-bond donors (Lipinski definition) is 0. The molecule has 4 rings (SSSR count). The molecular formula is C28H30BrClN2O3S. The highest BCUT2D eigenvalue weighted by Gasteiger charge is 2.34. The van der Waals surface area contributed by atoms with Crippen LogP contribution in [-0.4, -0.2) is 47.9 Å². The van der Waals surface area contributed by atoms with Gasteiger partial charge >= 0.3 is 0 Å². The van der Waals surface area contributed by atoms with E-state index in [-0.39, 0.29) is 30.3 Å². The maximum absolute atomic E-state index is 13.7. The van der Waals surface area contributed by atoms with Crippen molar-refractivity contribution in [3.8, 4) is 5.75 Å². The topological polar surface area (TPSA) is 49.9 Å². The third-order valence-electron chi connectivity index (χ3n) is 6.55. The fourth-order valence-corrected chi connectivity index (χ4v) is 5.82. The minimum atomic E-state index is -0.213. The first-order valence-electron chi connectivity index (χ1n) is 12.1. The maximum Gasteiger partial charge on any atom is 0.254 e. The number of amides is 2. The van der Waals surface area contributed by atoms with Gasteiger partial charge < -0.3 is 14.5 Å². The normalized spacial score (nSPS) is 15.8. The molecule has 0 spiro atoms. The van der Waals surface area contributed by atoms with Crippen LogP contribution in [0.4, 0.5) is 0 Å². The van der Waals surface area contributed by atoms with Crippen molar-refractivity contribution >= 4 is 50.7 Å². The van der Waals surface area contributed by atoms with Crippen LogP contribution in [0.3, 0.4) is 0 Å². The highest BCUT2D eigenvalue weighted by molar-refractivity contribution is 9.10. The molecular weight excluding hydrogens is 560 g/mol. The van der Waals surface area contributed by atoms with E-state index >= 15 is 0 Å². The van der Waals surface area contributed by atoms with E-state index in [4.69, 9.17) is 16.3 Å². The number of halogens is 2. The lowest BCUT2D eigenvalue weighted by atomic mass is 10.00. The molecule has 2 heterocycles. The first-order chi connectivity index (χ1) is 17.4. The van der Waals surface area contributed by atoms with Crippen LogP contribution in [-0.2, 0) is 11.2 Å². The Morgan fingerprint density at radius 3 is 2.72 bits per heavy atom. The summed E-state index contributed by atoms with van der Waals surface area (Å²) in [6, 6.07) is 16.4. The van der Waals surface area contributed by atoms with Crippen LogP contribution >= 0.6 is 38.9 Å². The van der Waals surface area contributed by atoms with E-state index in [0.717, 1.165) is 22.9 Å². The van der Waals surface area contributed by atoms with Crippen LogP contribution in [0.2, 0.25) is 5.02 Å². The third-order valence-corrected chi connectivity index (χ3v) is 8.29. The molecule has 1 aliphatic heterocycles. The van der Waals surface area contributed by atoms with Gasteiger partial charge in [-0.3, -0.25) is 9.59 Å². The second-order valence-electron chi connectivity index (χ2n) is 9.13. The molecule has 2 amide bonds. The summed E-state index contributed by atoms with van der Waals surface area (Å²) in [5.41, 5.74) is 1.70. The largest absolute Gasteiger partial charge is 0.491 e. The van der Waals surface area contributed by atoms with Crippen LogP contribution in [0.15, 0.2) is 64.5 Å².